The van der Waals surface area contributed by atoms with Gasteiger partial charge >= 0.3 is 0 Å². The highest BCUT2D eigenvalue weighted by Gasteiger charge is 2.19. The highest BCUT2D eigenvalue weighted by molar-refractivity contribution is 7.80. The van der Waals surface area contributed by atoms with E-state index in [0.717, 1.165) is 11.1 Å². The number of H-pyrrole nitrogens is 2. The summed E-state index contributed by atoms with van der Waals surface area (Å²) in [4.78, 5) is 20.9. The Morgan fingerprint density at radius 3 is 1.53 bits per heavy atom. The first-order chi connectivity index (χ1) is 18.7. The molecule has 4 N–H and O–H groups in total. The zero-order chi connectivity index (χ0) is 25.9. The minimum Gasteiger partial charge on any atom is -0.455 e. The van der Waals surface area contributed by atoms with Crippen LogP contribution in [0.5, 0.6) is 23.0 Å². The zero-order valence-electron chi connectivity index (χ0n) is 19.7. The van der Waals surface area contributed by atoms with Gasteiger partial charge in [0, 0.05) is 35.9 Å². The second kappa shape index (κ2) is 10.4. The third-order valence-corrected chi connectivity index (χ3v) is 6.53. The lowest BCUT2D eigenvalue weighted by molar-refractivity contribution is 0.473. The second-order valence-electron chi connectivity index (χ2n) is 8.14. The number of benzene rings is 2. The van der Waals surface area contributed by atoms with E-state index in [4.69, 9.17) is 9.47 Å². The predicted octanol–water partition coefficient (Wildman–Crippen LogP) is 7.28. The predicted molar refractivity (Wildman–Crippen MR) is 152 cm³/mol. The van der Waals surface area contributed by atoms with Gasteiger partial charge in [0.15, 0.2) is 11.5 Å². The summed E-state index contributed by atoms with van der Waals surface area (Å²) in [5.41, 5.74) is 1.51. The molecular formula is C27H21N7O2S2. The highest BCUT2D eigenvalue weighted by atomic mass is 32.1. The van der Waals surface area contributed by atoms with E-state index >= 15 is 0 Å². The molecule has 0 bridgehead atoms. The van der Waals surface area contributed by atoms with E-state index in [0.29, 0.717) is 56.1 Å². The van der Waals surface area contributed by atoms with Crippen LogP contribution in [0.15, 0.2) is 102 Å². The molecule has 4 aromatic rings. The van der Waals surface area contributed by atoms with Crippen LogP contribution in [0.1, 0.15) is 0 Å². The summed E-state index contributed by atoms with van der Waals surface area (Å²) in [6.45, 7) is 0. The lowest BCUT2D eigenvalue weighted by Gasteiger charge is -2.09. The third kappa shape index (κ3) is 4.84. The van der Waals surface area contributed by atoms with Crippen LogP contribution in [-0.4, -0.2) is 24.9 Å². The van der Waals surface area contributed by atoms with Crippen LogP contribution in [0, 0.1) is 0 Å². The first kappa shape index (κ1) is 23.8. The van der Waals surface area contributed by atoms with Crippen molar-refractivity contribution in [3.63, 3.8) is 0 Å². The molecule has 0 fully saturated rings. The third-order valence-electron chi connectivity index (χ3n) is 5.65. The van der Waals surface area contributed by atoms with Gasteiger partial charge < -0.3 is 30.1 Å². The Balaban J connectivity index is 1.23. The molecule has 0 aliphatic carbocycles. The molecule has 11 heteroatoms. The Kier molecular flexibility index (Phi) is 6.51. The van der Waals surface area contributed by atoms with Crippen molar-refractivity contribution in [3.8, 4) is 34.1 Å². The highest BCUT2D eigenvalue weighted by Crippen LogP contribution is 2.40. The Morgan fingerprint density at radius 1 is 0.632 bits per heavy atom. The van der Waals surface area contributed by atoms with Crippen LogP contribution in [0.2, 0.25) is 0 Å². The van der Waals surface area contributed by atoms with Crippen LogP contribution in [0.25, 0.3) is 11.1 Å². The van der Waals surface area contributed by atoms with Crippen molar-refractivity contribution in [2.75, 3.05) is 10.6 Å². The number of nitrogens with one attached hydrogen (secondary N) is 4. The van der Waals surface area contributed by atoms with E-state index < -0.39 is 0 Å². The maximum absolute atomic E-state index is 5.93. The topological polar surface area (TPSA) is 113 Å². The van der Waals surface area contributed by atoms with Crippen molar-refractivity contribution in [3.05, 3.63) is 91.8 Å². The van der Waals surface area contributed by atoms with Gasteiger partial charge in [-0.3, -0.25) is 4.98 Å². The van der Waals surface area contributed by atoms with Crippen LogP contribution in [-0.2, 0) is 0 Å². The molecule has 0 saturated carbocycles. The molecule has 0 unspecified atom stereocenters. The summed E-state index contributed by atoms with van der Waals surface area (Å²) >= 11 is 9.28. The molecule has 188 valence electrons. The lowest BCUT2D eigenvalue weighted by atomic mass is 10.2. The first-order valence-electron chi connectivity index (χ1n) is 11.5. The minimum atomic E-state index is 0.548. The SMILES string of the molecule is Sc1c(Oc2ccccc2)c[nH]c1Nc1ncnc(Nc2[nH]cc(Oc3ccccc3)c2S)c2cncc1-2. The van der Waals surface area contributed by atoms with Crippen molar-refractivity contribution in [1.29, 1.82) is 0 Å². The Labute approximate surface area is 228 Å². The maximum Gasteiger partial charge on any atom is 0.160 e. The fourth-order valence-corrected chi connectivity index (χ4v) is 4.26. The molecule has 2 aromatic heterocycles. The Morgan fingerprint density at radius 2 is 1.08 bits per heavy atom. The Hall–Kier alpha value is -4.61. The molecule has 0 spiro atoms. The lowest BCUT2D eigenvalue weighted by Crippen LogP contribution is -1.96. The van der Waals surface area contributed by atoms with Crippen LogP contribution in [0.4, 0.5) is 23.3 Å². The van der Waals surface area contributed by atoms with E-state index in [1.807, 2.05) is 60.7 Å². The van der Waals surface area contributed by atoms with E-state index in [1.165, 1.54) is 6.33 Å². The van der Waals surface area contributed by atoms with E-state index in [2.05, 4.69) is 60.8 Å². The number of hydrogen-bond acceptors (Lipinski definition) is 9. The number of rotatable bonds is 8. The normalized spacial score (nSPS) is 10.9. The summed E-state index contributed by atoms with van der Waals surface area (Å²) in [6.07, 6.45) is 8.39. The van der Waals surface area contributed by atoms with Gasteiger partial charge in [0.05, 0.1) is 9.79 Å². The van der Waals surface area contributed by atoms with Gasteiger partial charge in [0.2, 0.25) is 0 Å². The molecule has 9 nitrogen and oxygen atoms in total. The monoisotopic (exact) mass is 539 g/mol. The van der Waals surface area contributed by atoms with Gasteiger partial charge in [-0.2, -0.15) is 0 Å². The van der Waals surface area contributed by atoms with Gasteiger partial charge in [-0.1, -0.05) is 36.4 Å². The summed E-state index contributed by atoms with van der Waals surface area (Å²) in [5, 5.41) is 6.58. The average molecular weight is 540 g/mol. The van der Waals surface area contributed by atoms with E-state index in [1.54, 1.807) is 24.8 Å². The molecule has 0 amide bonds. The average Bonchev–Trinajstić information content (AvgIpc) is 3.62. The molecule has 0 radical (unpaired) electrons. The van der Waals surface area contributed by atoms with E-state index in [-0.39, 0.29) is 0 Å². The largest absolute Gasteiger partial charge is 0.455 e. The molecule has 0 saturated heterocycles. The van der Waals surface area contributed by atoms with Gasteiger partial charge in [-0.25, -0.2) is 9.97 Å². The van der Waals surface area contributed by atoms with Crippen molar-refractivity contribution < 1.29 is 9.47 Å². The molecule has 2 aliphatic rings. The van der Waals surface area contributed by atoms with Crippen molar-refractivity contribution >= 4 is 48.5 Å². The maximum atomic E-state index is 5.93. The molecule has 38 heavy (non-hydrogen) atoms. The van der Waals surface area contributed by atoms with Crippen molar-refractivity contribution in [2.24, 2.45) is 0 Å². The molecule has 6 rings (SSSR count). The summed E-state index contributed by atoms with van der Waals surface area (Å²) in [7, 11) is 0. The Bertz CT molecular complexity index is 1540. The zero-order valence-corrected chi connectivity index (χ0v) is 21.5. The number of nitrogens with zero attached hydrogens (tertiary/aromatic N) is 3. The smallest absolute Gasteiger partial charge is 0.160 e. The number of aromatic amines is 2. The van der Waals surface area contributed by atoms with E-state index in [9.17, 15) is 0 Å². The number of ether oxygens (including phenoxy) is 2. The molecule has 0 atom stereocenters. The fourth-order valence-electron chi connectivity index (χ4n) is 3.79. The summed E-state index contributed by atoms with van der Waals surface area (Å²) in [5.74, 6) is 4.94. The van der Waals surface area contributed by atoms with Crippen molar-refractivity contribution in [1.82, 2.24) is 24.9 Å². The van der Waals surface area contributed by atoms with Gasteiger partial charge in [0.25, 0.3) is 0 Å². The number of hydrogen-bond donors (Lipinski definition) is 6. The molecule has 2 aromatic carbocycles. The van der Waals surface area contributed by atoms with Crippen LogP contribution < -0.4 is 20.1 Å². The van der Waals surface area contributed by atoms with Crippen LogP contribution >= 0.6 is 25.3 Å². The second-order valence-corrected chi connectivity index (χ2v) is 9.03. The standard InChI is InChI=1S/C27H21N7O2S2/c37-22-20(35-16-7-3-1-4-8-16)13-29-26(22)33-24-18-11-28-12-19(18)25(32-15-31-24)34-27-23(38)21(14-30-27)36-17-9-5-2-6-10-17/h1-15,29-30,37-38H,(H2,31,32,33,34). The molecule has 2 aliphatic heterocycles. The first-order valence-corrected chi connectivity index (χ1v) is 12.4. The van der Waals surface area contributed by atoms with Gasteiger partial charge in [0.1, 0.15) is 41.1 Å². The molecule has 4 heterocycles. The molecular weight excluding hydrogens is 518 g/mol. The van der Waals surface area contributed by atoms with Gasteiger partial charge in [-0.15, -0.1) is 25.3 Å². The number of thiol groups is 2. The fraction of sp³-hybridized carbons (Fsp3) is 0. The number of fused-ring (bicyclic) bond motifs is 1. The van der Waals surface area contributed by atoms with Crippen molar-refractivity contribution in [2.45, 2.75) is 9.79 Å². The number of para-hydroxylation sites is 2. The quantitative estimate of drug-likeness (QED) is 0.113. The minimum absolute atomic E-state index is 0.548. The number of aromatic nitrogens is 5. The summed E-state index contributed by atoms with van der Waals surface area (Å²) in [6, 6.07) is 19.0. The van der Waals surface area contributed by atoms with Gasteiger partial charge in [-0.05, 0) is 24.3 Å². The van der Waals surface area contributed by atoms with Crippen LogP contribution in [0.3, 0.4) is 0 Å². The summed E-state index contributed by atoms with van der Waals surface area (Å²) < 4.78 is 11.9. The number of anilines is 4.